The Hall–Kier alpha value is -1.17. The lowest BCUT2D eigenvalue weighted by Crippen LogP contribution is -2.21. The van der Waals surface area contributed by atoms with Crippen LogP contribution in [0.25, 0.3) is 0 Å². The predicted molar refractivity (Wildman–Crippen MR) is 82.2 cm³/mol. The highest BCUT2D eigenvalue weighted by molar-refractivity contribution is 7.71. The van der Waals surface area contributed by atoms with Gasteiger partial charge < -0.3 is 15.3 Å². The standard InChI is InChI=1S/C14H16FN3S.ClH/c15-11-3-1-9-2-4-12(6-10(9)5-11)18-13(7-16)8-17-14(18)19;/h1,3,5,8,12H,2,4,6-7,16H2,(H,17,19);1H. The molecular weight excluding hydrogens is 297 g/mol. The Bertz CT molecular complexity index is 665. The normalized spacial score (nSPS) is 17.4. The van der Waals surface area contributed by atoms with Gasteiger partial charge in [0.2, 0.25) is 0 Å². The number of aryl methyl sites for hydroxylation is 1. The molecule has 2 aromatic rings. The van der Waals surface area contributed by atoms with E-state index in [1.165, 1.54) is 11.6 Å². The van der Waals surface area contributed by atoms with E-state index in [-0.39, 0.29) is 24.3 Å². The summed E-state index contributed by atoms with van der Waals surface area (Å²) in [6.45, 7) is 0.458. The van der Waals surface area contributed by atoms with E-state index in [1.807, 2.05) is 12.3 Å². The fourth-order valence-electron chi connectivity index (χ4n) is 2.90. The molecule has 0 saturated carbocycles. The Morgan fingerprint density at radius 2 is 2.20 bits per heavy atom. The van der Waals surface area contributed by atoms with E-state index in [9.17, 15) is 4.39 Å². The number of aromatic nitrogens is 2. The number of imidazole rings is 1. The van der Waals surface area contributed by atoms with Gasteiger partial charge in [-0.2, -0.15) is 0 Å². The number of nitrogens with zero attached hydrogens (tertiary/aromatic N) is 1. The van der Waals surface area contributed by atoms with Crippen LogP contribution in [0.3, 0.4) is 0 Å². The zero-order valence-electron chi connectivity index (χ0n) is 10.9. The summed E-state index contributed by atoms with van der Waals surface area (Å²) in [6.07, 6.45) is 4.64. The molecule has 0 saturated heterocycles. The Morgan fingerprint density at radius 1 is 1.40 bits per heavy atom. The Morgan fingerprint density at radius 3 is 2.95 bits per heavy atom. The molecule has 3 rings (SSSR count). The minimum Gasteiger partial charge on any atom is -0.337 e. The SMILES string of the molecule is Cl.NCc1c[nH]c(=S)n1C1CCc2ccc(F)cc2C1. The maximum absolute atomic E-state index is 13.3. The van der Waals surface area contributed by atoms with Gasteiger partial charge in [-0.3, -0.25) is 0 Å². The van der Waals surface area contributed by atoms with Crippen LogP contribution in [0.2, 0.25) is 0 Å². The Labute approximate surface area is 128 Å². The maximum atomic E-state index is 13.3. The van der Waals surface area contributed by atoms with Crippen LogP contribution in [0.5, 0.6) is 0 Å². The average Bonchev–Trinajstić information content (AvgIpc) is 2.79. The van der Waals surface area contributed by atoms with Gasteiger partial charge in [-0.15, -0.1) is 12.4 Å². The first kappa shape index (κ1) is 15.2. The van der Waals surface area contributed by atoms with Crippen LogP contribution in [-0.4, -0.2) is 9.55 Å². The van der Waals surface area contributed by atoms with Crippen molar-refractivity contribution in [2.75, 3.05) is 0 Å². The van der Waals surface area contributed by atoms with Crippen LogP contribution in [-0.2, 0) is 19.4 Å². The Kier molecular flexibility index (Phi) is 4.62. The summed E-state index contributed by atoms with van der Waals surface area (Å²) in [7, 11) is 0. The number of halogens is 2. The number of nitrogens with one attached hydrogen (secondary N) is 1. The summed E-state index contributed by atoms with van der Waals surface area (Å²) in [5.41, 5.74) is 9.08. The third-order valence-electron chi connectivity index (χ3n) is 3.84. The molecule has 1 aliphatic carbocycles. The van der Waals surface area contributed by atoms with Gasteiger partial charge in [-0.1, -0.05) is 6.07 Å². The van der Waals surface area contributed by atoms with Gasteiger partial charge in [0, 0.05) is 18.8 Å². The van der Waals surface area contributed by atoms with Crippen LogP contribution < -0.4 is 5.73 Å². The van der Waals surface area contributed by atoms with Crippen molar-refractivity contribution >= 4 is 24.6 Å². The van der Waals surface area contributed by atoms with Gasteiger partial charge in [-0.05, 0) is 54.7 Å². The predicted octanol–water partition coefficient (Wildman–Crippen LogP) is 3.30. The molecule has 1 heterocycles. The second-order valence-corrected chi connectivity index (χ2v) is 5.36. The number of benzene rings is 1. The molecule has 0 bridgehead atoms. The highest BCUT2D eigenvalue weighted by atomic mass is 35.5. The lowest BCUT2D eigenvalue weighted by Gasteiger charge is -2.27. The van der Waals surface area contributed by atoms with Crippen molar-refractivity contribution in [2.24, 2.45) is 5.73 Å². The van der Waals surface area contributed by atoms with Crippen LogP contribution in [0, 0.1) is 10.6 Å². The molecule has 1 aromatic carbocycles. The molecule has 1 aromatic heterocycles. The number of hydrogen-bond acceptors (Lipinski definition) is 2. The second kappa shape index (κ2) is 6.08. The van der Waals surface area contributed by atoms with Crippen LogP contribution >= 0.6 is 24.6 Å². The van der Waals surface area contributed by atoms with E-state index in [4.69, 9.17) is 18.0 Å². The number of nitrogens with two attached hydrogens (primary N) is 1. The molecule has 0 radical (unpaired) electrons. The lowest BCUT2D eigenvalue weighted by molar-refractivity contribution is 0.425. The minimum atomic E-state index is -0.170. The number of hydrogen-bond donors (Lipinski definition) is 2. The molecule has 0 amide bonds. The quantitative estimate of drug-likeness (QED) is 0.836. The summed E-state index contributed by atoms with van der Waals surface area (Å²) < 4.78 is 16.1. The summed E-state index contributed by atoms with van der Waals surface area (Å²) >= 11 is 5.32. The van der Waals surface area contributed by atoms with E-state index in [1.54, 1.807) is 6.07 Å². The number of rotatable bonds is 2. The fourth-order valence-corrected chi connectivity index (χ4v) is 3.22. The molecule has 0 aliphatic heterocycles. The van der Waals surface area contributed by atoms with E-state index in [2.05, 4.69) is 9.55 Å². The van der Waals surface area contributed by atoms with Gasteiger partial charge in [0.25, 0.3) is 0 Å². The van der Waals surface area contributed by atoms with Crippen LogP contribution in [0.4, 0.5) is 4.39 Å². The zero-order valence-corrected chi connectivity index (χ0v) is 12.6. The summed E-state index contributed by atoms with van der Waals surface area (Å²) in [4.78, 5) is 3.04. The van der Waals surface area contributed by atoms with Gasteiger partial charge in [-0.25, -0.2) is 4.39 Å². The van der Waals surface area contributed by atoms with Crippen molar-refractivity contribution in [1.29, 1.82) is 0 Å². The van der Waals surface area contributed by atoms with E-state index in [0.717, 1.165) is 30.5 Å². The number of H-pyrrole nitrogens is 1. The highest BCUT2D eigenvalue weighted by Gasteiger charge is 2.22. The molecule has 20 heavy (non-hydrogen) atoms. The first-order valence-electron chi connectivity index (χ1n) is 6.45. The van der Waals surface area contributed by atoms with Crippen molar-refractivity contribution in [3.63, 3.8) is 0 Å². The van der Waals surface area contributed by atoms with Crippen molar-refractivity contribution < 1.29 is 4.39 Å². The topological polar surface area (TPSA) is 46.7 Å². The van der Waals surface area contributed by atoms with Crippen LogP contribution in [0.1, 0.15) is 29.3 Å². The van der Waals surface area contributed by atoms with Crippen molar-refractivity contribution in [1.82, 2.24) is 9.55 Å². The van der Waals surface area contributed by atoms with E-state index < -0.39 is 0 Å². The third-order valence-corrected chi connectivity index (χ3v) is 4.15. The highest BCUT2D eigenvalue weighted by Crippen LogP contribution is 2.30. The fraction of sp³-hybridized carbons (Fsp3) is 0.357. The smallest absolute Gasteiger partial charge is 0.177 e. The van der Waals surface area contributed by atoms with Gasteiger partial charge in [0.05, 0.1) is 5.69 Å². The lowest BCUT2D eigenvalue weighted by atomic mass is 9.88. The molecule has 1 aliphatic rings. The molecule has 1 unspecified atom stereocenters. The van der Waals surface area contributed by atoms with Crippen molar-refractivity contribution in [2.45, 2.75) is 31.8 Å². The molecule has 0 fully saturated rings. The third kappa shape index (κ3) is 2.66. The zero-order chi connectivity index (χ0) is 13.4. The largest absolute Gasteiger partial charge is 0.337 e. The number of aromatic amines is 1. The van der Waals surface area contributed by atoms with E-state index >= 15 is 0 Å². The average molecular weight is 314 g/mol. The summed E-state index contributed by atoms with van der Waals surface area (Å²) in [5.74, 6) is -0.170. The monoisotopic (exact) mass is 313 g/mol. The van der Waals surface area contributed by atoms with Gasteiger partial charge >= 0.3 is 0 Å². The summed E-state index contributed by atoms with van der Waals surface area (Å²) in [5, 5.41) is 0. The first-order chi connectivity index (χ1) is 9.19. The van der Waals surface area contributed by atoms with Crippen molar-refractivity contribution in [3.8, 4) is 0 Å². The van der Waals surface area contributed by atoms with Crippen molar-refractivity contribution in [3.05, 3.63) is 51.8 Å². The van der Waals surface area contributed by atoms with E-state index in [0.29, 0.717) is 11.3 Å². The van der Waals surface area contributed by atoms with Crippen LogP contribution in [0.15, 0.2) is 24.4 Å². The second-order valence-electron chi connectivity index (χ2n) is 4.97. The molecule has 0 spiro atoms. The first-order valence-corrected chi connectivity index (χ1v) is 6.86. The van der Waals surface area contributed by atoms with Gasteiger partial charge in [0.15, 0.2) is 4.77 Å². The van der Waals surface area contributed by atoms with Gasteiger partial charge in [0.1, 0.15) is 5.82 Å². The molecule has 3 nitrogen and oxygen atoms in total. The summed E-state index contributed by atoms with van der Waals surface area (Å²) in [6, 6.07) is 5.33. The Balaban J connectivity index is 0.00000147. The number of fused-ring (bicyclic) bond motifs is 1. The maximum Gasteiger partial charge on any atom is 0.177 e. The molecule has 1 atom stereocenters. The minimum absolute atomic E-state index is 0. The molecular formula is C14H17ClFN3S. The molecule has 6 heteroatoms. The molecule has 3 N–H and O–H groups in total. The molecule has 108 valence electrons.